The lowest BCUT2D eigenvalue weighted by Gasteiger charge is -2.38. The fraction of sp³-hybridized carbons (Fsp3) is 0.647. The summed E-state index contributed by atoms with van der Waals surface area (Å²) in [5, 5.41) is 0. The van der Waals surface area contributed by atoms with Gasteiger partial charge < -0.3 is 0 Å². The van der Waals surface area contributed by atoms with Gasteiger partial charge in [0.1, 0.15) is 0 Å². The van der Waals surface area contributed by atoms with Crippen molar-refractivity contribution < 1.29 is 21.6 Å². The molecule has 2 rings (SSSR count). The molecule has 0 amide bonds. The molecule has 1 heterocycles. The van der Waals surface area contributed by atoms with E-state index in [1.54, 1.807) is 0 Å². The van der Waals surface area contributed by atoms with Crippen molar-refractivity contribution in [1.82, 2.24) is 4.31 Å². The van der Waals surface area contributed by atoms with Crippen LogP contribution in [-0.2, 0) is 16.2 Å². The molecule has 0 aromatic heterocycles. The minimum atomic E-state index is -4.56. The van der Waals surface area contributed by atoms with E-state index in [1.807, 2.05) is 20.8 Å². The SMILES string of the molecule is CC(C)(C)CC1CCCCN1S(=O)(=O)c1cccc(C(F)(F)F)c1. The van der Waals surface area contributed by atoms with E-state index in [0.29, 0.717) is 13.0 Å². The molecular weight excluding hydrogens is 339 g/mol. The van der Waals surface area contributed by atoms with Gasteiger partial charge in [-0.05, 0) is 42.9 Å². The number of piperidine rings is 1. The Hall–Kier alpha value is -1.08. The van der Waals surface area contributed by atoms with E-state index in [2.05, 4.69) is 0 Å². The molecule has 1 aromatic carbocycles. The zero-order valence-electron chi connectivity index (χ0n) is 14.2. The summed E-state index contributed by atoms with van der Waals surface area (Å²) in [4.78, 5) is -0.280. The molecule has 1 aliphatic heterocycles. The molecule has 0 radical (unpaired) electrons. The van der Waals surface area contributed by atoms with Crippen molar-refractivity contribution in [1.29, 1.82) is 0 Å². The normalized spacial score (nSPS) is 21.0. The quantitative estimate of drug-likeness (QED) is 0.782. The monoisotopic (exact) mass is 363 g/mol. The number of halogens is 3. The average molecular weight is 363 g/mol. The number of benzene rings is 1. The topological polar surface area (TPSA) is 37.4 Å². The first kappa shape index (κ1) is 19.2. The van der Waals surface area contributed by atoms with Gasteiger partial charge in [0, 0.05) is 12.6 Å². The Morgan fingerprint density at radius 1 is 1.17 bits per heavy atom. The second-order valence-electron chi connectivity index (χ2n) is 7.56. The second kappa shape index (κ2) is 6.67. The summed E-state index contributed by atoms with van der Waals surface area (Å²) >= 11 is 0. The third-order valence-corrected chi connectivity index (χ3v) is 6.14. The lowest BCUT2D eigenvalue weighted by Crippen LogP contribution is -2.45. The number of alkyl halides is 3. The Balaban J connectivity index is 2.37. The highest BCUT2D eigenvalue weighted by atomic mass is 32.2. The molecule has 0 spiro atoms. The molecule has 136 valence electrons. The molecule has 1 atom stereocenters. The van der Waals surface area contributed by atoms with Crippen molar-refractivity contribution in [3.8, 4) is 0 Å². The van der Waals surface area contributed by atoms with Gasteiger partial charge in [0.05, 0.1) is 10.5 Å². The van der Waals surface area contributed by atoms with Crippen LogP contribution in [0.3, 0.4) is 0 Å². The highest BCUT2D eigenvalue weighted by Gasteiger charge is 2.37. The van der Waals surface area contributed by atoms with Crippen molar-refractivity contribution in [2.45, 2.75) is 63.6 Å². The van der Waals surface area contributed by atoms with Crippen LogP contribution >= 0.6 is 0 Å². The van der Waals surface area contributed by atoms with Crippen LogP contribution in [0.25, 0.3) is 0 Å². The molecular formula is C17H24F3NO2S. The van der Waals surface area contributed by atoms with Gasteiger partial charge in [-0.15, -0.1) is 0 Å². The third kappa shape index (κ3) is 4.51. The van der Waals surface area contributed by atoms with E-state index in [-0.39, 0.29) is 16.4 Å². The summed E-state index contributed by atoms with van der Waals surface area (Å²) in [5.74, 6) is 0. The molecule has 1 aliphatic rings. The lowest BCUT2D eigenvalue weighted by molar-refractivity contribution is -0.137. The van der Waals surface area contributed by atoms with Gasteiger partial charge in [0.15, 0.2) is 0 Å². The van der Waals surface area contributed by atoms with Gasteiger partial charge in [0.2, 0.25) is 10.0 Å². The van der Waals surface area contributed by atoms with Crippen molar-refractivity contribution in [2.75, 3.05) is 6.54 Å². The summed E-state index contributed by atoms with van der Waals surface area (Å²) in [7, 11) is -3.93. The fourth-order valence-corrected chi connectivity index (χ4v) is 4.91. The van der Waals surface area contributed by atoms with Crippen LogP contribution < -0.4 is 0 Å². The zero-order chi connectivity index (χ0) is 18.2. The molecule has 0 bridgehead atoms. The average Bonchev–Trinajstić information content (AvgIpc) is 2.45. The van der Waals surface area contributed by atoms with Crippen LogP contribution in [0.2, 0.25) is 0 Å². The highest BCUT2D eigenvalue weighted by molar-refractivity contribution is 7.89. The predicted molar refractivity (Wildman–Crippen MR) is 87.0 cm³/mol. The number of hydrogen-bond donors (Lipinski definition) is 0. The van der Waals surface area contributed by atoms with Crippen molar-refractivity contribution >= 4 is 10.0 Å². The molecule has 24 heavy (non-hydrogen) atoms. The van der Waals surface area contributed by atoms with E-state index < -0.39 is 21.8 Å². The molecule has 1 saturated heterocycles. The van der Waals surface area contributed by atoms with Gasteiger partial charge in [-0.3, -0.25) is 0 Å². The highest BCUT2D eigenvalue weighted by Crippen LogP contribution is 2.35. The van der Waals surface area contributed by atoms with Crippen molar-refractivity contribution in [2.24, 2.45) is 5.41 Å². The third-order valence-electron chi connectivity index (χ3n) is 4.19. The molecule has 3 nitrogen and oxygen atoms in total. The Labute approximate surface area is 141 Å². The summed E-state index contributed by atoms with van der Waals surface area (Å²) < 4.78 is 65.9. The molecule has 1 fully saturated rings. The Bertz CT molecular complexity index is 678. The van der Waals surface area contributed by atoms with Gasteiger partial charge in [-0.1, -0.05) is 33.3 Å². The first-order chi connectivity index (χ1) is 10.9. The van der Waals surface area contributed by atoms with E-state index in [9.17, 15) is 21.6 Å². The maximum atomic E-state index is 12.9. The summed E-state index contributed by atoms with van der Waals surface area (Å²) in [6.07, 6.45) is -1.45. The fourth-order valence-electron chi connectivity index (χ4n) is 3.17. The second-order valence-corrected chi connectivity index (χ2v) is 9.45. The van der Waals surface area contributed by atoms with E-state index in [1.165, 1.54) is 10.4 Å². The zero-order valence-corrected chi connectivity index (χ0v) is 15.0. The predicted octanol–water partition coefficient (Wildman–Crippen LogP) is 4.68. The summed E-state index contributed by atoms with van der Waals surface area (Å²) in [5.41, 5.74) is -0.989. The molecule has 0 saturated carbocycles. The van der Waals surface area contributed by atoms with Crippen LogP contribution in [0.1, 0.15) is 52.0 Å². The molecule has 0 N–H and O–H groups in total. The first-order valence-corrected chi connectivity index (χ1v) is 9.54. The standard InChI is InChI=1S/C17H24F3NO2S/c1-16(2,3)12-14-8-4-5-10-21(14)24(22,23)15-9-6-7-13(11-15)17(18,19)20/h6-7,9,11,14H,4-5,8,10,12H2,1-3H3. The Morgan fingerprint density at radius 3 is 2.42 bits per heavy atom. The van der Waals surface area contributed by atoms with Crippen LogP contribution in [0, 0.1) is 5.41 Å². The van der Waals surface area contributed by atoms with Crippen LogP contribution in [0.4, 0.5) is 13.2 Å². The molecule has 0 aliphatic carbocycles. The van der Waals surface area contributed by atoms with Gasteiger partial charge in [0.25, 0.3) is 0 Å². The first-order valence-electron chi connectivity index (χ1n) is 8.10. The minimum absolute atomic E-state index is 0.0520. The molecule has 1 aromatic rings. The molecule has 7 heteroatoms. The van der Waals surface area contributed by atoms with E-state index >= 15 is 0 Å². The number of hydrogen-bond acceptors (Lipinski definition) is 2. The maximum Gasteiger partial charge on any atom is 0.416 e. The van der Waals surface area contributed by atoms with Gasteiger partial charge >= 0.3 is 6.18 Å². The Kier molecular flexibility index (Phi) is 5.35. The van der Waals surface area contributed by atoms with Crippen LogP contribution in [-0.4, -0.2) is 25.3 Å². The smallest absolute Gasteiger partial charge is 0.207 e. The van der Waals surface area contributed by atoms with Crippen molar-refractivity contribution in [3.05, 3.63) is 29.8 Å². The van der Waals surface area contributed by atoms with Crippen molar-refractivity contribution in [3.63, 3.8) is 0 Å². The number of nitrogens with zero attached hydrogens (tertiary/aromatic N) is 1. The van der Waals surface area contributed by atoms with Gasteiger partial charge in [-0.25, -0.2) is 8.42 Å². The summed E-state index contributed by atoms with van der Waals surface area (Å²) in [6, 6.07) is 3.85. The Morgan fingerprint density at radius 2 is 1.83 bits per heavy atom. The largest absolute Gasteiger partial charge is 0.416 e. The molecule has 1 unspecified atom stereocenters. The number of rotatable bonds is 3. The van der Waals surface area contributed by atoms with E-state index in [0.717, 1.165) is 37.5 Å². The maximum absolute atomic E-state index is 12.9. The van der Waals surface area contributed by atoms with Gasteiger partial charge in [-0.2, -0.15) is 17.5 Å². The van der Waals surface area contributed by atoms with Crippen LogP contribution in [0.15, 0.2) is 29.2 Å². The minimum Gasteiger partial charge on any atom is -0.207 e. The van der Waals surface area contributed by atoms with Crippen LogP contribution in [0.5, 0.6) is 0 Å². The van der Waals surface area contributed by atoms with E-state index in [4.69, 9.17) is 0 Å². The number of sulfonamides is 1. The lowest BCUT2D eigenvalue weighted by atomic mass is 9.85. The summed E-state index contributed by atoms with van der Waals surface area (Å²) in [6.45, 7) is 6.48.